The zero-order chi connectivity index (χ0) is 25.6. The van der Waals surface area contributed by atoms with Crippen molar-refractivity contribution in [2.45, 2.75) is 82.8 Å². The SMILES string of the molecule is C=CCCc1ccc(OC(F)(F)C2CCC(/C=C/C3CCC(CCC)CC3(F)F)OC2)c(F)c1F. The largest absolute Gasteiger partial charge is 0.429 e. The molecule has 1 aliphatic heterocycles. The van der Waals surface area contributed by atoms with E-state index in [1.165, 1.54) is 12.1 Å². The van der Waals surface area contributed by atoms with Crippen LogP contribution in [0, 0.1) is 29.4 Å². The summed E-state index contributed by atoms with van der Waals surface area (Å²) >= 11 is 0. The van der Waals surface area contributed by atoms with Crippen molar-refractivity contribution in [1.29, 1.82) is 0 Å². The summed E-state index contributed by atoms with van der Waals surface area (Å²) in [5.41, 5.74) is 0.0538. The Hall–Kier alpha value is -1.96. The van der Waals surface area contributed by atoms with E-state index in [0.717, 1.165) is 25.3 Å². The molecule has 3 rings (SSSR count). The smallest absolute Gasteiger partial charge is 0.403 e. The standard InChI is InChI=1S/C27H34F6O2/c1-3-5-7-19-9-15-23(25(29)24(19)28)35-27(32,33)21-12-14-22(34-17-21)13-11-20-10-8-18(6-4-2)16-26(20,30)31/h3,9,11,13,15,18,20-22H,1,4-8,10,12,14,16-17H2,2H3/b13-11+. The summed E-state index contributed by atoms with van der Waals surface area (Å²) in [4.78, 5) is 0. The van der Waals surface area contributed by atoms with Gasteiger partial charge in [-0.25, -0.2) is 13.2 Å². The third-order valence-electron chi connectivity index (χ3n) is 7.02. The third-order valence-corrected chi connectivity index (χ3v) is 7.02. The second-order valence-corrected chi connectivity index (χ2v) is 9.68. The van der Waals surface area contributed by atoms with Crippen LogP contribution in [0.4, 0.5) is 26.3 Å². The lowest BCUT2D eigenvalue weighted by atomic mass is 9.77. The Bertz CT molecular complexity index is 877. The second kappa shape index (κ2) is 11.8. The second-order valence-electron chi connectivity index (χ2n) is 9.68. The van der Waals surface area contributed by atoms with E-state index >= 15 is 0 Å². The summed E-state index contributed by atoms with van der Waals surface area (Å²) in [6, 6.07) is 2.21. The lowest BCUT2D eigenvalue weighted by molar-refractivity contribution is -0.239. The molecule has 4 unspecified atom stereocenters. The maximum atomic E-state index is 14.7. The van der Waals surface area contributed by atoms with Crippen molar-refractivity contribution in [3.63, 3.8) is 0 Å². The number of aryl methyl sites for hydroxylation is 1. The highest BCUT2D eigenvalue weighted by molar-refractivity contribution is 5.31. The zero-order valence-electron chi connectivity index (χ0n) is 20.1. The number of rotatable bonds is 10. The molecule has 4 atom stereocenters. The number of hydrogen-bond donors (Lipinski definition) is 0. The molecule has 1 aliphatic carbocycles. The number of ether oxygens (including phenoxy) is 2. The van der Waals surface area contributed by atoms with E-state index in [2.05, 4.69) is 11.3 Å². The number of halogens is 6. The van der Waals surface area contributed by atoms with E-state index in [9.17, 15) is 26.3 Å². The summed E-state index contributed by atoms with van der Waals surface area (Å²) in [6.45, 7) is 5.11. The van der Waals surface area contributed by atoms with E-state index in [-0.39, 0.29) is 43.8 Å². The highest BCUT2D eigenvalue weighted by atomic mass is 19.3. The predicted molar refractivity (Wildman–Crippen MR) is 123 cm³/mol. The quantitative estimate of drug-likeness (QED) is 0.236. The van der Waals surface area contributed by atoms with Crippen LogP contribution >= 0.6 is 0 Å². The van der Waals surface area contributed by atoms with Gasteiger partial charge < -0.3 is 9.47 Å². The molecule has 1 saturated carbocycles. The van der Waals surface area contributed by atoms with Crippen molar-refractivity contribution in [1.82, 2.24) is 0 Å². The van der Waals surface area contributed by atoms with Crippen LogP contribution in [0.1, 0.15) is 63.9 Å². The van der Waals surface area contributed by atoms with Gasteiger partial charge in [0.2, 0.25) is 5.82 Å². The van der Waals surface area contributed by atoms with E-state index < -0.39 is 47.4 Å². The first-order valence-electron chi connectivity index (χ1n) is 12.4. The maximum Gasteiger partial charge on any atom is 0.403 e. The van der Waals surface area contributed by atoms with Crippen molar-refractivity contribution >= 4 is 0 Å². The highest BCUT2D eigenvalue weighted by Crippen LogP contribution is 2.44. The fraction of sp³-hybridized carbons (Fsp3) is 0.630. The van der Waals surface area contributed by atoms with Gasteiger partial charge in [-0.3, -0.25) is 0 Å². The normalized spacial score (nSPS) is 27.2. The minimum Gasteiger partial charge on any atom is -0.429 e. The molecular weight excluding hydrogens is 470 g/mol. The average molecular weight is 505 g/mol. The van der Waals surface area contributed by atoms with E-state index in [0.29, 0.717) is 12.8 Å². The first-order valence-corrected chi connectivity index (χ1v) is 12.4. The molecule has 196 valence electrons. The first kappa shape index (κ1) is 27.6. The summed E-state index contributed by atoms with van der Waals surface area (Å²) in [5.74, 6) is -8.54. The highest BCUT2D eigenvalue weighted by Gasteiger charge is 2.46. The lowest BCUT2D eigenvalue weighted by Gasteiger charge is -2.35. The van der Waals surface area contributed by atoms with E-state index in [1.807, 2.05) is 6.92 Å². The van der Waals surface area contributed by atoms with Crippen LogP contribution in [0.5, 0.6) is 5.75 Å². The number of hydrogen-bond acceptors (Lipinski definition) is 2. The number of allylic oxidation sites excluding steroid dienone is 2. The molecule has 2 fully saturated rings. The average Bonchev–Trinajstić information content (AvgIpc) is 2.81. The molecule has 35 heavy (non-hydrogen) atoms. The monoisotopic (exact) mass is 504 g/mol. The Morgan fingerprint density at radius 1 is 1.11 bits per heavy atom. The fourth-order valence-corrected chi connectivity index (χ4v) is 4.93. The van der Waals surface area contributed by atoms with Gasteiger partial charge in [0.1, 0.15) is 0 Å². The summed E-state index contributed by atoms with van der Waals surface area (Å²) in [7, 11) is 0. The Balaban J connectivity index is 1.54. The molecule has 1 heterocycles. The minimum atomic E-state index is -3.78. The fourth-order valence-electron chi connectivity index (χ4n) is 4.93. The van der Waals surface area contributed by atoms with Crippen LogP contribution in [-0.2, 0) is 11.2 Å². The van der Waals surface area contributed by atoms with Crippen molar-refractivity contribution in [3.8, 4) is 5.75 Å². The van der Waals surface area contributed by atoms with Gasteiger partial charge in [-0.05, 0) is 56.1 Å². The van der Waals surface area contributed by atoms with Crippen LogP contribution in [0.3, 0.4) is 0 Å². The lowest BCUT2D eigenvalue weighted by Crippen LogP contribution is -2.41. The molecule has 2 nitrogen and oxygen atoms in total. The zero-order valence-corrected chi connectivity index (χ0v) is 20.1. The predicted octanol–water partition coefficient (Wildman–Crippen LogP) is 8.26. The first-order chi connectivity index (χ1) is 16.6. The van der Waals surface area contributed by atoms with Gasteiger partial charge in [-0.15, -0.1) is 6.58 Å². The maximum absolute atomic E-state index is 14.7. The third kappa shape index (κ3) is 7.05. The Kier molecular flexibility index (Phi) is 9.35. The van der Waals surface area contributed by atoms with Crippen LogP contribution in [-0.4, -0.2) is 24.7 Å². The minimum absolute atomic E-state index is 0.0108. The van der Waals surface area contributed by atoms with Gasteiger partial charge in [0.05, 0.1) is 18.6 Å². The summed E-state index contributed by atoms with van der Waals surface area (Å²) in [6.07, 6.45) is 3.71. The van der Waals surface area contributed by atoms with Gasteiger partial charge in [-0.1, -0.05) is 44.1 Å². The molecule has 1 aromatic rings. The van der Waals surface area contributed by atoms with Crippen LogP contribution in [0.25, 0.3) is 0 Å². The molecular formula is C27H34F6O2. The molecule has 1 aromatic carbocycles. The number of benzene rings is 1. The molecule has 0 aromatic heterocycles. The number of alkyl halides is 4. The van der Waals surface area contributed by atoms with Gasteiger partial charge in [0.25, 0.3) is 5.92 Å². The molecule has 2 aliphatic rings. The van der Waals surface area contributed by atoms with Crippen molar-refractivity contribution in [2.75, 3.05) is 6.61 Å². The molecule has 0 spiro atoms. The molecule has 1 saturated heterocycles. The van der Waals surface area contributed by atoms with E-state index in [4.69, 9.17) is 4.74 Å². The van der Waals surface area contributed by atoms with Gasteiger partial charge in [-0.2, -0.15) is 13.2 Å². The summed E-state index contributed by atoms with van der Waals surface area (Å²) < 4.78 is 96.9. The molecule has 0 amide bonds. The molecule has 0 N–H and O–H groups in total. The molecule has 0 bridgehead atoms. The van der Waals surface area contributed by atoms with Crippen molar-refractivity contribution in [3.05, 3.63) is 54.1 Å². The van der Waals surface area contributed by atoms with Gasteiger partial charge in [0.15, 0.2) is 11.6 Å². The van der Waals surface area contributed by atoms with Crippen LogP contribution in [0.15, 0.2) is 36.9 Å². The van der Waals surface area contributed by atoms with Gasteiger partial charge >= 0.3 is 6.11 Å². The van der Waals surface area contributed by atoms with Crippen molar-refractivity contribution in [2.24, 2.45) is 17.8 Å². The topological polar surface area (TPSA) is 18.5 Å². The van der Waals surface area contributed by atoms with Crippen LogP contribution < -0.4 is 4.74 Å². The van der Waals surface area contributed by atoms with Gasteiger partial charge in [0, 0.05) is 12.3 Å². The Morgan fingerprint density at radius 3 is 2.51 bits per heavy atom. The Morgan fingerprint density at radius 2 is 1.89 bits per heavy atom. The Labute approximate surface area is 203 Å². The molecule has 0 radical (unpaired) electrons. The van der Waals surface area contributed by atoms with Crippen molar-refractivity contribution < 1.29 is 35.8 Å². The summed E-state index contributed by atoms with van der Waals surface area (Å²) in [5, 5.41) is 0. The molecule has 8 heteroatoms. The van der Waals surface area contributed by atoms with Crippen LogP contribution in [0.2, 0.25) is 0 Å². The van der Waals surface area contributed by atoms with E-state index in [1.54, 1.807) is 12.2 Å².